The van der Waals surface area contributed by atoms with E-state index in [0.717, 1.165) is 0 Å². The summed E-state index contributed by atoms with van der Waals surface area (Å²) in [7, 11) is -3.94. The molecule has 0 unspecified atom stereocenters. The highest BCUT2D eigenvalue weighted by Gasteiger charge is 2.30. The third kappa shape index (κ3) is 4.94. The summed E-state index contributed by atoms with van der Waals surface area (Å²) in [5.74, 6) is -1.55. The van der Waals surface area contributed by atoms with Crippen molar-refractivity contribution in [1.29, 1.82) is 0 Å². The number of nitrogens with one attached hydrogen (secondary N) is 2. The smallest absolute Gasteiger partial charge is 0.290 e. The number of carbonyl (C=O) groups excluding carboxylic acids is 2. The number of hydrogen-bond donors (Lipinski definition) is 2. The Morgan fingerprint density at radius 3 is 2.31 bits per heavy atom. The van der Waals surface area contributed by atoms with Crippen LogP contribution >= 0.6 is 0 Å². The lowest BCUT2D eigenvalue weighted by atomic mass is 10.1. The molecule has 0 radical (unpaired) electrons. The second kappa shape index (κ2) is 10.3. The van der Waals surface area contributed by atoms with Gasteiger partial charge in [0.05, 0.1) is 29.1 Å². The highest BCUT2D eigenvalue weighted by molar-refractivity contribution is 7.89. The summed E-state index contributed by atoms with van der Waals surface area (Å²) in [4.78, 5) is 38.3. The van der Waals surface area contributed by atoms with E-state index in [9.17, 15) is 22.8 Å². The minimum atomic E-state index is -3.94. The summed E-state index contributed by atoms with van der Waals surface area (Å²) in [6.07, 6.45) is 0.636. The van der Waals surface area contributed by atoms with Gasteiger partial charge in [-0.05, 0) is 24.6 Å². The first-order chi connectivity index (χ1) is 16.8. The van der Waals surface area contributed by atoms with Gasteiger partial charge in [-0.3, -0.25) is 25.2 Å². The number of amides is 2. The highest BCUT2D eigenvalue weighted by atomic mass is 32.2. The average Bonchev–Trinajstić information content (AvgIpc) is 2.89. The number of aryl methyl sites for hydroxylation is 1. The average molecular weight is 500 g/mol. The van der Waals surface area contributed by atoms with Gasteiger partial charge in [-0.2, -0.15) is 9.40 Å². The molecule has 2 N–H and O–H groups in total. The topological polar surface area (TPSA) is 140 Å². The fourth-order valence-corrected chi connectivity index (χ4v) is 5.41. The van der Waals surface area contributed by atoms with Gasteiger partial charge < -0.3 is 4.74 Å². The van der Waals surface area contributed by atoms with Crippen LogP contribution in [0.3, 0.4) is 0 Å². The second-order valence-electron chi connectivity index (χ2n) is 7.84. The minimum absolute atomic E-state index is 0.0387. The van der Waals surface area contributed by atoms with Gasteiger partial charge in [0.25, 0.3) is 17.4 Å². The molecule has 1 aliphatic heterocycles. The minimum Gasteiger partial charge on any atom is -0.379 e. The fourth-order valence-electron chi connectivity index (χ4n) is 3.81. The van der Waals surface area contributed by atoms with Gasteiger partial charge in [-0.1, -0.05) is 37.3 Å². The summed E-state index contributed by atoms with van der Waals surface area (Å²) in [6, 6.07) is 12.3. The first-order valence-corrected chi connectivity index (χ1v) is 12.6. The molecule has 1 aliphatic rings. The number of hydrogen-bond acceptors (Lipinski definition) is 7. The van der Waals surface area contributed by atoms with E-state index < -0.39 is 21.8 Å². The molecule has 0 saturated carbocycles. The number of sulfonamides is 1. The molecule has 0 spiro atoms. The van der Waals surface area contributed by atoms with Crippen LogP contribution in [-0.2, 0) is 21.3 Å². The maximum absolute atomic E-state index is 13.1. The van der Waals surface area contributed by atoms with Gasteiger partial charge in [0.1, 0.15) is 0 Å². The molecular formula is C23H25N5O6S. The number of carbonyl (C=O) groups is 2. The summed E-state index contributed by atoms with van der Waals surface area (Å²) < 4.78 is 33.9. The van der Waals surface area contributed by atoms with Crippen LogP contribution in [0.1, 0.15) is 34.2 Å². The molecule has 3 aromatic rings. The number of hydrazine groups is 1. The predicted molar refractivity (Wildman–Crippen MR) is 127 cm³/mol. The Hall–Kier alpha value is -3.61. The summed E-state index contributed by atoms with van der Waals surface area (Å²) >= 11 is 0. The third-order valence-corrected chi connectivity index (χ3v) is 7.48. The van der Waals surface area contributed by atoms with Crippen molar-refractivity contribution in [1.82, 2.24) is 24.9 Å². The van der Waals surface area contributed by atoms with E-state index in [1.165, 1.54) is 33.3 Å². The van der Waals surface area contributed by atoms with E-state index in [1.54, 1.807) is 24.3 Å². The molecule has 11 nitrogen and oxygen atoms in total. The Labute approximate surface area is 201 Å². The molecule has 1 aromatic heterocycles. The molecule has 4 rings (SSSR count). The molecule has 1 fully saturated rings. The Morgan fingerprint density at radius 1 is 0.971 bits per heavy atom. The monoisotopic (exact) mass is 499 g/mol. The lowest BCUT2D eigenvalue weighted by Crippen LogP contribution is -2.44. The molecule has 0 atom stereocenters. The van der Waals surface area contributed by atoms with E-state index >= 15 is 0 Å². The zero-order valence-corrected chi connectivity index (χ0v) is 19.9. The van der Waals surface area contributed by atoms with Crippen molar-refractivity contribution in [3.05, 3.63) is 70.1 Å². The number of ether oxygens (including phenoxy) is 1. The van der Waals surface area contributed by atoms with Crippen LogP contribution < -0.4 is 16.4 Å². The van der Waals surface area contributed by atoms with E-state index in [2.05, 4.69) is 16.0 Å². The summed E-state index contributed by atoms with van der Waals surface area (Å²) in [6.45, 7) is 3.10. The Morgan fingerprint density at radius 2 is 1.60 bits per heavy atom. The number of benzene rings is 2. The fraction of sp³-hybridized carbons (Fsp3) is 0.304. The normalized spacial score (nSPS) is 14.5. The standard InChI is InChI=1S/C23H25N5O6S/c1-2-11-28-23(31)17-8-4-3-7-16(17)20(26-28)22(30)25-24-21(29)18-9-5-6-10-19(18)35(32,33)27-12-14-34-15-13-27/h3-10H,2,11-15H2,1H3,(H,24,29)(H,25,30). The zero-order valence-electron chi connectivity index (χ0n) is 19.1. The SMILES string of the molecule is CCCn1nc(C(=O)NNC(=O)c2ccccc2S(=O)(=O)N2CCOCC2)c2ccccc2c1=O. The number of morpholine rings is 1. The predicted octanol–water partition coefficient (Wildman–Crippen LogP) is 0.902. The Balaban J connectivity index is 1.59. The molecule has 35 heavy (non-hydrogen) atoms. The molecule has 184 valence electrons. The lowest BCUT2D eigenvalue weighted by molar-refractivity contribution is 0.0729. The van der Waals surface area contributed by atoms with Crippen molar-refractivity contribution in [2.24, 2.45) is 0 Å². The van der Waals surface area contributed by atoms with Gasteiger partial charge in [0.2, 0.25) is 10.0 Å². The van der Waals surface area contributed by atoms with Gasteiger partial charge in [0, 0.05) is 25.0 Å². The van der Waals surface area contributed by atoms with Crippen molar-refractivity contribution < 1.29 is 22.7 Å². The van der Waals surface area contributed by atoms with Crippen LogP contribution in [0.5, 0.6) is 0 Å². The highest BCUT2D eigenvalue weighted by Crippen LogP contribution is 2.21. The van der Waals surface area contributed by atoms with Gasteiger partial charge >= 0.3 is 0 Å². The number of aromatic nitrogens is 2. The molecule has 0 aliphatic carbocycles. The van der Waals surface area contributed by atoms with E-state index in [0.29, 0.717) is 23.7 Å². The second-order valence-corrected chi connectivity index (χ2v) is 9.75. The van der Waals surface area contributed by atoms with Crippen molar-refractivity contribution in [3.8, 4) is 0 Å². The quantitative estimate of drug-likeness (QED) is 0.480. The first kappa shape index (κ1) is 24.5. The molecule has 0 bridgehead atoms. The number of rotatable bonds is 6. The van der Waals surface area contributed by atoms with Crippen LogP contribution in [0.2, 0.25) is 0 Å². The van der Waals surface area contributed by atoms with Crippen LogP contribution in [0, 0.1) is 0 Å². The van der Waals surface area contributed by atoms with Gasteiger partial charge in [-0.15, -0.1) is 0 Å². The summed E-state index contributed by atoms with van der Waals surface area (Å²) in [5.41, 5.74) is 4.09. The van der Waals surface area contributed by atoms with E-state index in [-0.39, 0.29) is 48.0 Å². The van der Waals surface area contributed by atoms with E-state index in [4.69, 9.17) is 4.74 Å². The third-order valence-electron chi connectivity index (χ3n) is 5.53. The molecule has 12 heteroatoms. The maximum Gasteiger partial charge on any atom is 0.290 e. The first-order valence-electron chi connectivity index (χ1n) is 11.1. The van der Waals surface area contributed by atoms with Crippen LogP contribution in [0.25, 0.3) is 10.8 Å². The molecule has 2 amide bonds. The van der Waals surface area contributed by atoms with Crippen molar-refractivity contribution >= 4 is 32.6 Å². The van der Waals surface area contributed by atoms with Crippen LogP contribution in [-0.4, -0.2) is 60.6 Å². The number of nitrogens with zero attached hydrogens (tertiary/aromatic N) is 3. The lowest BCUT2D eigenvalue weighted by Gasteiger charge is -2.26. The van der Waals surface area contributed by atoms with E-state index in [1.807, 2.05) is 6.92 Å². The van der Waals surface area contributed by atoms with Crippen molar-refractivity contribution in [2.45, 2.75) is 24.8 Å². The zero-order chi connectivity index (χ0) is 25.0. The van der Waals surface area contributed by atoms with Crippen LogP contribution in [0.4, 0.5) is 0 Å². The summed E-state index contributed by atoms with van der Waals surface area (Å²) in [5, 5.41) is 4.85. The van der Waals surface area contributed by atoms with Crippen LogP contribution in [0.15, 0.2) is 58.2 Å². The largest absolute Gasteiger partial charge is 0.379 e. The maximum atomic E-state index is 13.1. The van der Waals surface area contributed by atoms with Gasteiger partial charge in [0.15, 0.2) is 5.69 Å². The van der Waals surface area contributed by atoms with Crippen molar-refractivity contribution in [3.63, 3.8) is 0 Å². The Kier molecular flexibility index (Phi) is 7.24. The van der Waals surface area contributed by atoms with Gasteiger partial charge in [-0.25, -0.2) is 13.1 Å². The molecule has 2 aromatic carbocycles. The molecular weight excluding hydrogens is 474 g/mol. The Bertz CT molecular complexity index is 1430. The van der Waals surface area contributed by atoms with Crippen molar-refractivity contribution in [2.75, 3.05) is 26.3 Å². The number of fused-ring (bicyclic) bond motifs is 1. The molecule has 1 saturated heterocycles. The molecule has 2 heterocycles.